The molecule has 5 nitrogen and oxygen atoms in total. The number of carbonyl (C=O) groups excluding carboxylic acids is 1. The first-order valence-electron chi connectivity index (χ1n) is 7.72. The molecular weight excluding hydrogens is 254 g/mol. The number of ether oxygens (including phenoxy) is 1. The molecule has 20 heavy (non-hydrogen) atoms. The van der Waals surface area contributed by atoms with Crippen molar-refractivity contribution in [1.82, 2.24) is 15.1 Å². The number of nitrogens with one attached hydrogen (secondary N) is 1. The van der Waals surface area contributed by atoms with E-state index in [2.05, 4.69) is 36.0 Å². The number of esters is 1. The van der Waals surface area contributed by atoms with Crippen LogP contribution in [-0.2, 0) is 9.53 Å². The Hall–Kier alpha value is -0.650. The van der Waals surface area contributed by atoms with Crippen LogP contribution >= 0.6 is 0 Å². The molecule has 1 aliphatic heterocycles. The average molecular weight is 285 g/mol. The maximum Gasteiger partial charge on any atom is 0.327 e. The van der Waals surface area contributed by atoms with E-state index in [9.17, 15) is 4.79 Å². The molecule has 0 aromatic carbocycles. The Balaban J connectivity index is 2.67. The summed E-state index contributed by atoms with van der Waals surface area (Å²) in [5.41, 5.74) is -0.612. The molecule has 0 saturated carbocycles. The Morgan fingerprint density at radius 3 is 2.65 bits per heavy atom. The standard InChI is InChI=1S/C15H31N3O2/c1-6-8-16-15(3,14(19)20-5)12-18-10-9-17(4)13(7-2)11-18/h13,16H,6-12H2,1-5H3. The molecule has 1 saturated heterocycles. The monoisotopic (exact) mass is 285 g/mol. The Morgan fingerprint density at radius 1 is 1.40 bits per heavy atom. The van der Waals surface area contributed by atoms with Crippen molar-refractivity contribution >= 4 is 5.97 Å². The SMILES string of the molecule is CCCNC(C)(CN1CCN(C)C(CC)C1)C(=O)OC. The van der Waals surface area contributed by atoms with Crippen molar-refractivity contribution in [3.63, 3.8) is 0 Å². The molecule has 0 bridgehead atoms. The molecule has 1 fully saturated rings. The van der Waals surface area contributed by atoms with Gasteiger partial charge in [-0.25, -0.2) is 0 Å². The van der Waals surface area contributed by atoms with E-state index in [1.54, 1.807) is 0 Å². The molecule has 0 aromatic heterocycles. The lowest BCUT2D eigenvalue weighted by Crippen LogP contribution is -2.61. The van der Waals surface area contributed by atoms with Crippen LogP contribution in [0, 0.1) is 0 Å². The lowest BCUT2D eigenvalue weighted by Gasteiger charge is -2.42. The van der Waals surface area contributed by atoms with Crippen molar-refractivity contribution in [3.8, 4) is 0 Å². The quantitative estimate of drug-likeness (QED) is 0.706. The minimum atomic E-state index is -0.612. The number of carbonyl (C=O) groups is 1. The van der Waals surface area contributed by atoms with E-state index in [0.717, 1.165) is 39.0 Å². The van der Waals surface area contributed by atoms with Gasteiger partial charge in [-0.1, -0.05) is 13.8 Å². The third kappa shape index (κ3) is 4.43. The highest BCUT2D eigenvalue weighted by molar-refractivity contribution is 5.80. The number of hydrogen-bond donors (Lipinski definition) is 1. The number of methoxy groups -OCH3 is 1. The van der Waals surface area contributed by atoms with Crippen molar-refractivity contribution in [3.05, 3.63) is 0 Å². The molecule has 118 valence electrons. The maximum atomic E-state index is 12.1. The summed E-state index contributed by atoms with van der Waals surface area (Å²) in [7, 11) is 3.65. The minimum Gasteiger partial charge on any atom is -0.468 e. The Morgan fingerprint density at radius 2 is 2.10 bits per heavy atom. The number of nitrogens with zero attached hydrogens (tertiary/aromatic N) is 2. The lowest BCUT2D eigenvalue weighted by atomic mass is 9.99. The Kier molecular flexibility index (Phi) is 6.92. The number of likely N-dealkylation sites (N-methyl/N-ethyl adjacent to an activating group) is 1. The highest BCUT2D eigenvalue weighted by Gasteiger charge is 2.37. The lowest BCUT2D eigenvalue weighted by molar-refractivity contribution is -0.149. The van der Waals surface area contributed by atoms with Crippen molar-refractivity contribution in [2.75, 3.05) is 46.9 Å². The van der Waals surface area contributed by atoms with Crippen molar-refractivity contribution in [2.24, 2.45) is 0 Å². The van der Waals surface area contributed by atoms with Gasteiger partial charge in [0.1, 0.15) is 5.54 Å². The molecule has 1 heterocycles. The smallest absolute Gasteiger partial charge is 0.327 e. The third-order valence-electron chi connectivity index (χ3n) is 4.27. The van der Waals surface area contributed by atoms with E-state index in [1.165, 1.54) is 7.11 Å². The molecule has 0 aromatic rings. The van der Waals surface area contributed by atoms with Gasteiger partial charge in [-0.05, 0) is 33.4 Å². The molecular formula is C15H31N3O2. The van der Waals surface area contributed by atoms with Crippen LogP contribution in [0.2, 0.25) is 0 Å². The molecule has 1 rings (SSSR count). The highest BCUT2D eigenvalue weighted by Crippen LogP contribution is 2.15. The van der Waals surface area contributed by atoms with Gasteiger partial charge in [0.2, 0.25) is 0 Å². The van der Waals surface area contributed by atoms with Crippen LogP contribution in [-0.4, -0.2) is 74.2 Å². The van der Waals surface area contributed by atoms with Crippen LogP contribution in [0.25, 0.3) is 0 Å². The normalized spacial score (nSPS) is 24.4. The van der Waals surface area contributed by atoms with Crippen molar-refractivity contribution in [1.29, 1.82) is 0 Å². The summed E-state index contributed by atoms with van der Waals surface area (Å²) in [6, 6.07) is 0.580. The molecule has 0 aliphatic carbocycles. The van der Waals surface area contributed by atoms with Crippen LogP contribution < -0.4 is 5.32 Å². The topological polar surface area (TPSA) is 44.8 Å². The molecule has 5 heteroatoms. The summed E-state index contributed by atoms with van der Waals surface area (Å²) in [4.78, 5) is 16.9. The van der Waals surface area contributed by atoms with Gasteiger partial charge < -0.3 is 15.0 Å². The summed E-state index contributed by atoms with van der Waals surface area (Å²) in [5, 5.41) is 3.36. The van der Waals surface area contributed by atoms with E-state index < -0.39 is 5.54 Å². The highest BCUT2D eigenvalue weighted by atomic mass is 16.5. The first-order valence-corrected chi connectivity index (χ1v) is 7.72. The zero-order chi connectivity index (χ0) is 15.2. The second kappa shape index (κ2) is 7.96. The first kappa shape index (κ1) is 17.4. The summed E-state index contributed by atoms with van der Waals surface area (Å²) in [5.74, 6) is -0.169. The molecule has 1 N–H and O–H groups in total. The van der Waals surface area contributed by atoms with E-state index in [0.29, 0.717) is 12.6 Å². The maximum absolute atomic E-state index is 12.1. The number of hydrogen-bond acceptors (Lipinski definition) is 5. The predicted molar refractivity (Wildman–Crippen MR) is 81.9 cm³/mol. The van der Waals surface area contributed by atoms with Gasteiger partial charge in [0.05, 0.1) is 7.11 Å². The van der Waals surface area contributed by atoms with Gasteiger partial charge in [0, 0.05) is 32.2 Å². The van der Waals surface area contributed by atoms with Crippen LogP contribution in [0.5, 0.6) is 0 Å². The molecule has 2 unspecified atom stereocenters. The van der Waals surface area contributed by atoms with E-state index in [-0.39, 0.29) is 5.97 Å². The van der Waals surface area contributed by atoms with Crippen molar-refractivity contribution in [2.45, 2.75) is 45.2 Å². The zero-order valence-electron chi connectivity index (χ0n) is 13.7. The second-order valence-corrected chi connectivity index (χ2v) is 6.03. The van der Waals surface area contributed by atoms with Gasteiger partial charge in [-0.2, -0.15) is 0 Å². The first-order chi connectivity index (χ1) is 9.46. The Labute approximate surface area is 123 Å². The third-order valence-corrected chi connectivity index (χ3v) is 4.27. The molecule has 0 spiro atoms. The van der Waals surface area contributed by atoms with Gasteiger partial charge >= 0.3 is 5.97 Å². The van der Waals surface area contributed by atoms with Gasteiger partial charge in [0.15, 0.2) is 0 Å². The Bertz CT molecular complexity index is 311. The predicted octanol–water partition coefficient (Wildman–Crippen LogP) is 0.944. The molecule has 0 amide bonds. The van der Waals surface area contributed by atoms with Crippen LogP contribution in [0.1, 0.15) is 33.6 Å². The average Bonchev–Trinajstić information content (AvgIpc) is 2.46. The van der Waals surface area contributed by atoms with Gasteiger partial charge in [-0.15, -0.1) is 0 Å². The zero-order valence-corrected chi connectivity index (χ0v) is 13.7. The minimum absolute atomic E-state index is 0.169. The molecule has 1 aliphatic rings. The summed E-state index contributed by atoms with van der Waals surface area (Å²) in [6.07, 6.45) is 2.15. The van der Waals surface area contributed by atoms with E-state index >= 15 is 0 Å². The number of rotatable bonds is 7. The van der Waals surface area contributed by atoms with Crippen LogP contribution in [0.15, 0.2) is 0 Å². The second-order valence-electron chi connectivity index (χ2n) is 6.03. The largest absolute Gasteiger partial charge is 0.468 e. The fourth-order valence-electron chi connectivity index (χ4n) is 2.86. The number of piperazine rings is 1. The summed E-state index contributed by atoms with van der Waals surface area (Å²) >= 11 is 0. The summed E-state index contributed by atoms with van der Waals surface area (Å²) < 4.78 is 4.99. The molecule has 2 atom stereocenters. The molecule has 0 radical (unpaired) electrons. The van der Waals surface area contributed by atoms with Gasteiger partial charge in [-0.3, -0.25) is 9.69 Å². The van der Waals surface area contributed by atoms with Crippen LogP contribution in [0.3, 0.4) is 0 Å². The fraction of sp³-hybridized carbons (Fsp3) is 0.933. The van der Waals surface area contributed by atoms with Gasteiger partial charge in [0.25, 0.3) is 0 Å². The van der Waals surface area contributed by atoms with E-state index in [1.807, 2.05) is 6.92 Å². The van der Waals surface area contributed by atoms with Crippen LogP contribution in [0.4, 0.5) is 0 Å². The fourth-order valence-corrected chi connectivity index (χ4v) is 2.86. The summed E-state index contributed by atoms with van der Waals surface area (Å²) in [6.45, 7) is 10.9. The van der Waals surface area contributed by atoms with Crippen molar-refractivity contribution < 1.29 is 9.53 Å². The van der Waals surface area contributed by atoms with E-state index in [4.69, 9.17) is 4.74 Å².